The number of aliphatic hydroxyl groups is 2. The van der Waals surface area contributed by atoms with E-state index in [9.17, 15) is 23.4 Å². The van der Waals surface area contributed by atoms with Gasteiger partial charge in [0.2, 0.25) is 15.9 Å². The van der Waals surface area contributed by atoms with Crippen LogP contribution in [-0.4, -0.2) is 54.8 Å². The molecule has 48 heavy (non-hydrogen) atoms. The Bertz CT molecular complexity index is 1700. The summed E-state index contributed by atoms with van der Waals surface area (Å²) in [4.78, 5) is 13.5. The number of ether oxygens (including phenoxy) is 2. The van der Waals surface area contributed by atoms with Crippen molar-refractivity contribution >= 4 is 27.7 Å². The number of carbonyl (C=O) groups excluding carboxylic acids is 1. The van der Waals surface area contributed by atoms with Crippen molar-refractivity contribution in [2.24, 2.45) is 0 Å². The predicted octanol–water partition coefficient (Wildman–Crippen LogP) is 4.96. The number of aliphatic hydroxyl groups excluding tert-OH is 2. The van der Waals surface area contributed by atoms with Crippen LogP contribution in [0, 0.1) is 6.92 Å². The molecule has 0 saturated carbocycles. The Hall–Kier alpha value is -3.55. The summed E-state index contributed by atoms with van der Waals surface area (Å²) < 4.78 is 41.8. The third-order valence-corrected chi connectivity index (χ3v) is 10.7. The van der Waals surface area contributed by atoms with Gasteiger partial charge in [-0.1, -0.05) is 96.6 Å². The van der Waals surface area contributed by atoms with E-state index in [0.29, 0.717) is 17.9 Å². The summed E-state index contributed by atoms with van der Waals surface area (Å²) in [5, 5.41) is 21.6. The molecule has 1 fully saturated rings. The molecule has 1 heterocycles. The van der Waals surface area contributed by atoms with Gasteiger partial charge >= 0.3 is 0 Å². The summed E-state index contributed by atoms with van der Waals surface area (Å²) in [6.07, 6.45) is -0.0622. The quantitative estimate of drug-likeness (QED) is 0.129. The lowest BCUT2D eigenvalue weighted by Gasteiger charge is -2.36. The average Bonchev–Trinajstić information content (AvgIpc) is 3.11. The van der Waals surface area contributed by atoms with Crippen molar-refractivity contribution in [2.75, 3.05) is 18.1 Å². The molecule has 4 aromatic carbocycles. The molecule has 0 bridgehead atoms. The maximum atomic E-state index is 13.4. The zero-order valence-electron chi connectivity index (χ0n) is 26.8. The number of aryl methyl sites for hydroxylation is 1. The Morgan fingerprint density at radius 3 is 2.19 bits per heavy atom. The molecule has 1 aliphatic heterocycles. The summed E-state index contributed by atoms with van der Waals surface area (Å²) in [7, 11) is -3.95. The second kappa shape index (κ2) is 17.2. The number of amides is 1. The van der Waals surface area contributed by atoms with Crippen LogP contribution in [0.25, 0.3) is 0 Å². The Morgan fingerprint density at radius 2 is 1.52 bits per heavy atom. The molecular formula is C37H42N2O7S2. The van der Waals surface area contributed by atoms with Crippen LogP contribution < -0.4 is 10.0 Å². The Balaban J connectivity index is 1.26. The number of thioether (sulfide) groups is 1. The Morgan fingerprint density at radius 1 is 0.854 bits per heavy atom. The normalized spacial score (nSPS) is 18.7. The van der Waals surface area contributed by atoms with Crippen molar-refractivity contribution in [3.05, 3.63) is 137 Å². The summed E-state index contributed by atoms with van der Waals surface area (Å²) >= 11 is 1.63. The highest BCUT2D eigenvalue weighted by Gasteiger charge is 2.32. The van der Waals surface area contributed by atoms with E-state index in [-0.39, 0.29) is 43.3 Å². The van der Waals surface area contributed by atoms with E-state index >= 15 is 0 Å². The van der Waals surface area contributed by atoms with Gasteiger partial charge in [0.05, 0.1) is 30.3 Å². The maximum absolute atomic E-state index is 13.4. The van der Waals surface area contributed by atoms with Crippen molar-refractivity contribution in [3.8, 4) is 0 Å². The van der Waals surface area contributed by atoms with Crippen molar-refractivity contribution in [2.45, 2.75) is 62.4 Å². The van der Waals surface area contributed by atoms with Crippen molar-refractivity contribution in [3.63, 3.8) is 0 Å². The number of benzene rings is 4. The standard InChI is InChI=1S/C37H42N2O7S2/c1-26-7-17-33(18-8-26)48(43,44)39-34(21-27-5-3-2-4-6-27)36(42)38-23-28-9-15-31(16-10-28)37-45-32(25-47-20-19-40)22-35(46-37)30-13-11-29(24-41)12-14-30/h2-18,32,34-35,37,39-41H,19-25H2,1H3,(H,38,42). The van der Waals surface area contributed by atoms with Gasteiger partial charge in [-0.3, -0.25) is 4.79 Å². The topological polar surface area (TPSA) is 134 Å². The second-order valence-corrected chi connectivity index (χ2v) is 14.6. The Kier molecular flexibility index (Phi) is 12.8. The summed E-state index contributed by atoms with van der Waals surface area (Å²) in [6, 6.07) is 30.1. The van der Waals surface area contributed by atoms with Gasteiger partial charge in [0.25, 0.3) is 0 Å². The van der Waals surface area contributed by atoms with Crippen molar-refractivity contribution < 1.29 is 32.9 Å². The van der Waals surface area contributed by atoms with Crippen molar-refractivity contribution in [1.82, 2.24) is 10.0 Å². The van der Waals surface area contributed by atoms with E-state index in [1.54, 1.807) is 23.9 Å². The molecule has 0 radical (unpaired) electrons. The molecule has 254 valence electrons. The van der Waals surface area contributed by atoms with Gasteiger partial charge < -0.3 is 25.0 Å². The first-order valence-electron chi connectivity index (χ1n) is 15.9. The van der Waals surface area contributed by atoms with Gasteiger partial charge in [0.15, 0.2) is 6.29 Å². The van der Waals surface area contributed by atoms with Gasteiger partial charge in [0.1, 0.15) is 6.04 Å². The van der Waals surface area contributed by atoms with Crippen LogP contribution in [0.5, 0.6) is 0 Å². The van der Waals surface area contributed by atoms with E-state index in [2.05, 4.69) is 10.0 Å². The first-order chi connectivity index (χ1) is 23.2. The van der Waals surface area contributed by atoms with Crippen LogP contribution in [0.1, 0.15) is 52.2 Å². The van der Waals surface area contributed by atoms with Gasteiger partial charge in [-0.2, -0.15) is 16.5 Å². The van der Waals surface area contributed by atoms with Gasteiger partial charge in [-0.25, -0.2) is 8.42 Å². The van der Waals surface area contributed by atoms with E-state index in [1.807, 2.05) is 85.8 Å². The molecule has 11 heteroatoms. The number of rotatable bonds is 15. The number of hydrogen-bond acceptors (Lipinski definition) is 8. The minimum Gasteiger partial charge on any atom is -0.396 e. The average molecular weight is 691 g/mol. The first-order valence-corrected chi connectivity index (χ1v) is 18.6. The smallest absolute Gasteiger partial charge is 0.241 e. The molecule has 4 atom stereocenters. The lowest BCUT2D eigenvalue weighted by Crippen LogP contribution is -2.47. The minimum absolute atomic E-state index is 0.0263. The van der Waals surface area contributed by atoms with Crippen LogP contribution in [0.3, 0.4) is 0 Å². The Labute approximate surface area is 286 Å². The monoisotopic (exact) mass is 690 g/mol. The van der Waals surface area contributed by atoms with Crippen LogP contribution in [-0.2, 0) is 43.9 Å². The fourth-order valence-corrected chi connectivity index (χ4v) is 7.39. The van der Waals surface area contributed by atoms with E-state index in [0.717, 1.165) is 33.4 Å². The summed E-state index contributed by atoms with van der Waals surface area (Å²) in [5.74, 6) is 0.908. The third-order valence-electron chi connectivity index (χ3n) is 8.10. The van der Waals surface area contributed by atoms with Gasteiger partial charge in [-0.05, 0) is 47.7 Å². The van der Waals surface area contributed by atoms with Crippen LogP contribution in [0.2, 0.25) is 0 Å². The molecule has 9 nitrogen and oxygen atoms in total. The van der Waals surface area contributed by atoms with Gasteiger partial charge in [0, 0.05) is 30.0 Å². The summed E-state index contributed by atoms with van der Waals surface area (Å²) in [5.41, 5.74) is 5.25. The number of nitrogens with one attached hydrogen (secondary N) is 2. The highest BCUT2D eigenvalue weighted by molar-refractivity contribution is 7.99. The molecule has 1 amide bonds. The SMILES string of the molecule is Cc1ccc(S(=O)(=O)NC(Cc2ccccc2)C(=O)NCc2ccc(C3OC(CSCCO)CC(c4ccc(CO)cc4)O3)cc2)cc1. The molecule has 0 aliphatic carbocycles. The molecule has 1 aliphatic rings. The lowest BCUT2D eigenvalue weighted by atomic mass is 10.0. The van der Waals surface area contributed by atoms with Crippen LogP contribution >= 0.6 is 11.8 Å². The zero-order valence-corrected chi connectivity index (χ0v) is 28.5. The largest absolute Gasteiger partial charge is 0.396 e. The fourth-order valence-electron chi connectivity index (χ4n) is 5.42. The molecule has 0 spiro atoms. The number of hydrogen-bond donors (Lipinski definition) is 4. The summed E-state index contributed by atoms with van der Waals surface area (Å²) in [6.45, 7) is 2.15. The van der Waals surface area contributed by atoms with E-state index in [4.69, 9.17) is 9.47 Å². The molecule has 4 aromatic rings. The number of sulfonamides is 1. The molecule has 4 N–H and O–H groups in total. The van der Waals surface area contributed by atoms with Crippen LogP contribution in [0.4, 0.5) is 0 Å². The minimum atomic E-state index is -3.95. The highest BCUT2D eigenvalue weighted by atomic mass is 32.2. The zero-order chi connectivity index (χ0) is 33.9. The number of carbonyl (C=O) groups is 1. The van der Waals surface area contributed by atoms with Gasteiger partial charge in [-0.15, -0.1) is 0 Å². The molecule has 1 saturated heterocycles. The third kappa shape index (κ3) is 9.99. The lowest BCUT2D eigenvalue weighted by molar-refractivity contribution is -0.245. The van der Waals surface area contributed by atoms with E-state index < -0.39 is 28.3 Å². The fraction of sp³-hybridized carbons (Fsp3) is 0.324. The van der Waals surface area contributed by atoms with E-state index in [1.165, 1.54) is 12.1 Å². The molecule has 4 unspecified atom stereocenters. The molecule has 5 rings (SSSR count). The highest BCUT2D eigenvalue weighted by Crippen LogP contribution is 2.38. The second-order valence-electron chi connectivity index (χ2n) is 11.8. The predicted molar refractivity (Wildman–Crippen MR) is 187 cm³/mol. The first kappa shape index (κ1) is 35.7. The van der Waals surface area contributed by atoms with Crippen LogP contribution in [0.15, 0.2) is 108 Å². The molecular weight excluding hydrogens is 649 g/mol. The van der Waals surface area contributed by atoms with Crippen molar-refractivity contribution in [1.29, 1.82) is 0 Å². The molecule has 0 aromatic heterocycles. The maximum Gasteiger partial charge on any atom is 0.241 e.